The molecule has 0 spiro atoms. The van der Waals surface area contributed by atoms with Crippen LogP contribution in [0, 0.1) is 5.92 Å². The predicted octanol–water partition coefficient (Wildman–Crippen LogP) is 3.23. The lowest BCUT2D eigenvalue weighted by atomic mass is 9.94. The number of hydrogen-bond donors (Lipinski definition) is 1. The van der Waals surface area contributed by atoms with Crippen molar-refractivity contribution in [1.82, 2.24) is 10.2 Å². The summed E-state index contributed by atoms with van der Waals surface area (Å²) in [6.07, 6.45) is 6.20. The Morgan fingerprint density at radius 1 is 1.21 bits per heavy atom. The van der Waals surface area contributed by atoms with E-state index >= 15 is 0 Å². The zero-order chi connectivity index (χ0) is 13.5. The molecule has 2 nitrogen and oxygen atoms in total. The Labute approximate surface area is 122 Å². The summed E-state index contributed by atoms with van der Waals surface area (Å²) in [5.41, 5.74) is 1.39. The highest BCUT2D eigenvalue weighted by atomic mass is 32.2. The third-order valence-corrected chi connectivity index (χ3v) is 4.80. The number of rotatable bonds is 6. The normalized spacial score (nSPS) is 17.8. The minimum Gasteiger partial charge on any atom is -0.313 e. The summed E-state index contributed by atoms with van der Waals surface area (Å²) in [7, 11) is 2.23. The minimum atomic E-state index is 0.933. The molecule has 19 heavy (non-hydrogen) atoms. The van der Waals surface area contributed by atoms with E-state index in [2.05, 4.69) is 47.8 Å². The summed E-state index contributed by atoms with van der Waals surface area (Å²) in [4.78, 5) is 3.78. The molecular weight excluding hydrogens is 252 g/mol. The van der Waals surface area contributed by atoms with Crippen LogP contribution in [0.15, 0.2) is 29.2 Å². The SMILES string of the molecule is CSc1ccc(CNCCC2CCN(C)CC2)cc1. The van der Waals surface area contributed by atoms with Gasteiger partial charge in [0, 0.05) is 11.4 Å². The molecule has 0 amide bonds. The highest BCUT2D eigenvalue weighted by Crippen LogP contribution is 2.19. The van der Waals surface area contributed by atoms with Crippen molar-refractivity contribution in [2.24, 2.45) is 5.92 Å². The largest absolute Gasteiger partial charge is 0.313 e. The fourth-order valence-corrected chi connectivity index (χ4v) is 3.04. The molecule has 1 fully saturated rings. The fraction of sp³-hybridized carbons (Fsp3) is 0.625. The molecule has 2 rings (SSSR count). The first-order chi connectivity index (χ1) is 9.28. The van der Waals surface area contributed by atoms with Crippen molar-refractivity contribution in [2.45, 2.75) is 30.7 Å². The van der Waals surface area contributed by atoms with Crippen molar-refractivity contribution in [2.75, 3.05) is 32.9 Å². The van der Waals surface area contributed by atoms with Gasteiger partial charge in [-0.15, -0.1) is 11.8 Å². The van der Waals surface area contributed by atoms with E-state index in [1.54, 1.807) is 11.8 Å². The Bertz CT molecular complexity index is 356. The molecule has 0 unspecified atom stereocenters. The lowest BCUT2D eigenvalue weighted by Gasteiger charge is -2.28. The topological polar surface area (TPSA) is 15.3 Å². The number of benzene rings is 1. The number of piperidine rings is 1. The molecule has 0 bridgehead atoms. The summed E-state index contributed by atoms with van der Waals surface area (Å²) in [5, 5.41) is 3.58. The maximum absolute atomic E-state index is 3.58. The van der Waals surface area contributed by atoms with Gasteiger partial charge in [0.05, 0.1) is 0 Å². The number of nitrogens with one attached hydrogen (secondary N) is 1. The van der Waals surface area contributed by atoms with E-state index in [4.69, 9.17) is 0 Å². The molecule has 1 heterocycles. The van der Waals surface area contributed by atoms with Crippen LogP contribution in [0.1, 0.15) is 24.8 Å². The van der Waals surface area contributed by atoms with Gasteiger partial charge in [-0.05, 0) is 75.8 Å². The molecule has 1 saturated heterocycles. The number of nitrogens with zero attached hydrogens (tertiary/aromatic N) is 1. The van der Waals surface area contributed by atoms with Crippen LogP contribution in [0.5, 0.6) is 0 Å². The first kappa shape index (κ1) is 14.9. The molecule has 0 radical (unpaired) electrons. The van der Waals surface area contributed by atoms with Gasteiger partial charge in [0.15, 0.2) is 0 Å². The molecule has 1 N–H and O–H groups in total. The van der Waals surface area contributed by atoms with Crippen LogP contribution in [0.3, 0.4) is 0 Å². The van der Waals surface area contributed by atoms with Crippen molar-refractivity contribution in [3.8, 4) is 0 Å². The molecule has 0 aliphatic carbocycles. The van der Waals surface area contributed by atoms with Gasteiger partial charge in [0.2, 0.25) is 0 Å². The number of thioether (sulfide) groups is 1. The summed E-state index contributed by atoms with van der Waals surface area (Å²) in [6.45, 7) is 4.71. The van der Waals surface area contributed by atoms with Crippen LogP contribution in [-0.4, -0.2) is 37.8 Å². The predicted molar refractivity (Wildman–Crippen MR) is 84.8 cm³/mol. The van der Waals surface area contributed by atoms with Gasteiger partial charge in [-0.3, -0.25) is 0 Å². The molecule has 1 aliphatic rings. The van der Waals surface area contributed by atoms with Crippen molar-refractivity contribution >= 4 is 11.8 Å². The maximum atomic E-state index is 3.58. The van der Waals surface area contributed by atoms with Gasteiger partial charge in [-0.1, -0.05) is 12.1 Å². The van der Waals surface area contributed by atoms with E-state index in [0.29, 0.717) is 0 Å². The van der Waals surface area contributed by atoms with E-state index in [9.17, 15) is 0 Å². The maximum Gasteiger partial charge on any atom is 0.0205 e. The van der Waals surface area contributed by atoms with Crippen LogP contribution >= 0.6 is 11.8 Å². The Hall–Kier alpha value is -0.510. The Morgan fingerprint density at radius 3 is 2.53 bits per heavy atom. The van der Waals surface area contributed by atoms with Gasteiger partial charge in [0.1, 0.15) is 0 Å². The summed E-state index contributed by atoms with van der Waals surface area (Å²) >= 11 is 1.80. The van der Waals surface area contributed by atoms with E-state index in [0.717, 1.165) is 19.0 Å². The van der Waals surface area contributed by atoms with Gasteiger partial charge < -0.3 is 10.2 Å². The molecule has 1 aromatic carbocycles. The van der Waals surface area contributed by atoms with Gasteiger partial charge in [0.25, 0.3) is 0 Å². The second-order valence-electron chi connectivity index (χ2n) is 5.56. The van der Waals surface area contributed by atoms with Crippen LogP contribution < -0.4 is 5.32 Å². The third-order valence-electron chi connectivity index (χ3n) is 4.06. The van der Waals surface area contributed by atoms with Crippen LogP contribution in [-0.2, 0) is 6.54 Å². The molecule has 1 aliphatic heterocycles. The van der Waals surface area contributed by atoms with Crippen LogP contribution in [0.4, 0.5) is 0 Å². The van der Waals surface area contributed by atoms with E-state index in [1.807, 2.05) is 0 Å². The Morgan fingerprint density at radius 2 is 1.89 bits per heavy atom. The average molecular weight is 278 g/mol. The highest BCUT2D eigenvalue weighted by Gasteiger charge is 2.15. The zero-order valence-corrected chi connectivity index (χ0v) is 13.0. The van der Waals surface area contributed by atoms with E-state index < -0.39 is 0 Å². The Kier molecular flexibility index (Phi) is 6.21. The molecule has 0 atom stereocenters. The lowest BCUT2D eigenvalue weighted by molar-refractivity contribution is 0.211. The van der Waals surface area contributed by atoms with Crippen molar-refractivity contribution < 1.29 is 0 Å². The zero-order valence-electron chi connectivity index (χ0n) is 12.2. The highest BCUT2D eigenvalue weighted by molar-refractivity contribution is 7.98. The quantitative estimate of drug-likeness (QED) is 0.635. The van der Waals surface area contributed by atoms with E-state index in [-0.39, 0.29) is 0 Å². The van der Waals surface area contributed by atoms with Crippen molar-refractivity contribution in [1.29, 1.82) is 0 Å². The molecular formula is C16H26N2S. The first-order valence-corrected chi connectivity index (χ1v) is 8.52. The summed E-state index contributed by atoms with van der Waals surface area (Å²) in [6, 6.07) is 8.88. The first-order valence-electron chi connectivity index (χ1n) is 7.30. The standard InChI is InChI=1S/C16H26N2S/c1-18-11-8-14(9-12-18)7-10-17-13-15-3-5-16(19-2)6-4-15/h3-6,14,17H,7-13H2,1-2H3. The monoisotopic (exact) mass is 278 g/mol. The third kappa shape index (κ3) is 5.17. The van der Waals surface area contributed by atoms with Crippen molar-refractivity contribution in [3.05, 3.63) is 29.8 Å². The van der Waals surface area contributed by atoms with E-state index in [1.165, 1.54) is 42.8 Å². The van der Waals surface area contributed by atoms with Gasteiger partial charge in [-0.25, -0.2) is 0 Å². The second kappa shape index (κ2) is 7.93. The van der Waals surface area contributed by atoms with Crippen LogP contribution in [0.25, 0.3) is 0 Å². The van der Waals surface area contributed by atoms with Gasteiger partial charge >= 0.3 is 0 Å². The smallest absolute Gasteiger partial charge is 0.0205 e. The van der Waals surface area contributed by atoms with Gasteiger partial charge in [-0.2, -0.15) is 0 Å². The second-order valence-corrected chi connectivity index (χ2v) is 6.44. The molecule has 0 saturated carbocycles. The summed E-state index contributed by atoms with van der Waals surface area (Å²) in [5.74, 6) is 0.933. The fourth-order valence-electron chi connectivity index (χ4n) is 2.63. The minimum absolute atomic E-state index is 0.933. The summed E-state index contributed by atoms with van der Waals surface area (Å²) < 4.78 is 0. The Balaban J connectivity index is 1.61. The molecule has 1 aromatic rings. The number of hydrogen-bond acceptors (Lipinski definition) is 3. The molecule has 0 aromatic heterocycles. The lowest BCUT2D eigenvalue weighted by Crippen LogP contribution is -2.31. The van der Waals surface area contributed by atoms with Crippen molar-refractivity contribution in [3.63, 3.8) is 0 Å². The van der Waals surface area contributed by atoms with Crippen LogP contribution in [0.2, 0.25) is 0 Å². The molecule has 3 heteroatoms. The number of likely N-dealkylation sites (tertiary alicyclic amines) is 1. The average Bonchev–Trinajstić information content (AvgIpc) is 2.46. The molecule has 106 valence electrons.